The van der Waals surface area contributed by atoms with E-state index in [-0.39, 0.29) is 22.7 Å². The Labute approximate surface area is 89.6 Å². The van der Waals surface area contributed by atoms with Crippen LogP contribution in [0.25, 0.3) is 0 Å². The molecule has 1 aliphatic rings. The van der Waals surface area contributed by atoms with Gasteiger partial charge >= 0.3 is 0 Å². The van der Waals surface area contributed by atoms with Gasteiger partial charge in [0.1, 0.15) is 21.7 Å². The molecule has 0 aliphatic carbocycles. The molecule has 2 N–H and O–H groups in total. The third-order valence-corrected chi connectivity index (χ3v) is 3.56. The van der Waals surface area contributed by atoms with E-state index in [4.69, 9.17) is 0 Å². The van der Waals surface area contributed by atoms with Crippen molar-refractivity contribution in [3.8, 4) is 5.75 Å². The lowest BCUT2D eigenvalue weighted by Gasteiger charge is -2.26. The number of aromatic hydroxyl groups is 1. The molecule has 1 aromatic rings. The summed E-state index contributed by atoms with van der Waals surface area (Å²) >= 11 is 1.05. The molecule has 80 valence electrons. The number of β-amino-alcohol motifs (C(OH)–C–C–N with tert-alkyl or cyclic N) is 1. The molecule has 2 heterocycles. The number of aliphatic hydroxyl groups excluding tert-OH is 1. The number of hydrogen-bond donors (Lipinski definition) is 2. The Hall–Kier alpha value is -1.40. The number of anilines is 1. The lowest BCUT2D eigenvalue weighted by molar-refractivity contribution is 0.0747. The fraction of sp³-hybridized carbons (Fsp3) is 0.333. The summed E-state index contributed by atoms with van der Waals surface area (Å²) in [6.45, 7) is 0.185. The second-order valence-electron chi connectivity index (χ2n) is 3.37. The standard InChI is InChI=1S/C9H9NO4S/c1-10-2-4(12)7(13)6-8(14)5(3-11)15-9(6)10/h3-4,12,14H,2H2,1H3. The molecule has 0 radical (unpaired) electrons. The average Bonchev–Trinajstić information content (AvgIpc) is 2.53. The van der Waals surface area contributed by atoms with E-state index < -0.39 is 11.9 Å². The molecule has 0 aromatic carbocycles. The Balaban J connectivity index is 2.64. The second-order valence-corrected chi connectivity index (χ2v) is 4.40. The molecule has 0 fully saturated rings. The van der Waals surface area contributed by atoms with Crippen LogP contribution >= 0.6 is 11.3 Å². The number of fused-ring (bicyclic) bond motifs is 1. The summed E-state index contributed by atoms with van der Waals surface area (Å²) in [7, 11) is 1.69. The highest BCUT2D eigenvalue weighted by atomic mass is 32.1. The highest BCUT2D eigenvalue weighted by Crippen LogP contribution is 2.42. The number of ketones is 1. The van der Waals surface area contributed by atoms with E-state index in [1.807, 2.05) is 0 Å². The molecule has 0 spiro atoms. The summed E-state index contributed by atoms with van der Waals surface area (Å²) in [6.07, 6.45) is -0.631. The third-order valence-electron chi connectivity index (χ3n) is 2.34. The summed E-state index contributed by atoms with van der Waals surface area (Å²) in [4.78, 5) is 23.9. The number of hydrogen-bond acceptors (Lipinski definition) is 6. The first kappa shape index (κ1) is 10.1. The van der Waals surface area contributed by atoms with Crippen molar-refractivity contribution in [2.75, 3.05) is 18.5 Å². The maximum absolute atomic E-state index is 11.6. The summed E-state index contributed by atoms with van der Waals surface area (Å²) in [5, 5.41) is 19.5. The van der Waals surface area contributed by atoms with Crippen molar-refractivity contribution < 1.29 is 19.8 Å². The number of carbonyl (C=O) groups is 2. The van der Waals surface area contributed by atoms with Crippen LogP contribution in [0.3, 0.4) is 0 Å². The van der Waals surface area contributed by atoms with Gasteiger partial charge in [0.15, 0.2) is 12.1 Å². The maximum atomic E-state index is 11.6. The lowest BCUT2D eigenvalue weighted by atomic mass is 10.0. The lowest BCUT2D eigenvalue weighted by Crippen LogP contribution is -2.39. The minimum Gasteiger partial charge on any atom is -0.505 e. The zero-order valence-electron chi connectivity index (χ0n) is 7.93. The van der Waals surface area contributed by atoms with Crippen LogP contribution in [0.5, 0.6) is 5.75 Å². The van der Waals surface area contributed by atoms with E-state index in [1.54, 1.807) is 11.9 Å². The molecule has 1 unspecified atom stereocenters. The molecular weight excluding hydrogens is 218 g/mol. The van der Waals surface area contributed by atoms with Gasteiger partial charge in [0.05, 0.1) is 12.1 Å². The number of likely N-dealkylation sites (N-methyl/N-ethyl adjacent to an activating group) is 1. The van der Waals surface area contributed by atoms with E-state index in [2.05, 4.69) is 0 Å². The normalized spacial score (nSPS) is 20.3. The fourth-order valence-electron chi connectivity index (χ4n) is 1.59. The van der Waals surface area contributed by atoms with E-state index in [1.165, 1.54) is 0 Å². The van der Waals surface area contributed by atoms with Crippen LogP contribution in [-0.4, -0.2) is 42.0 Å². The predicted octanol–water partition coefficient (Wildman–Crippen LogP) is 0.260. The van der Waals surface area contributed by atoms with Gasteiger partial charge in [-0.1, -0.05) is 0 Å². The molecule has 1 aromatic heterocycles. The number of Topliss-reactive ketones (excluding diaryl/α,β-unsaturated/α-hetero) is 1. The van der Waals surface area contributed by atoms with Crippen LogP contribution in [-0.2, 0) is 0 Å². The Kier molecular flexibility index (Phi) is 2.24. The van der Waals surface area contributed by atoms with Crippen molar-refractivity contribution >= 4 is 28.4 Å². The molecule has 0 amide bonds. The van der Waals surface area contributed by atoms with Crippen molar-refractivity contribution in [2.45, 2.75) is 6.10 Å². The summed E-state index contributed by atoms with van der Waals surface area (Å²) in [5.74, 6) is -0.842. The summed E-state index contributed by atoms with van der Waals surface area (Å²) in [5.41, 5.74) is 0.0587. The first-order chi connectivity index (χ1) is 7.06. The molecule has 5 nitrogen and oxygen atoms in total. The number of carbonyl (C=O) groups excluding carboxylic acids is 2. The minimum atomic E-state index is -1.14. The number of rotatable bonds is 1. The van der Waals surface area contributed by atoms with Crippen molar-refractivity contribution in [2.24, 2.45) is 0 Å². The first-order valence-corrected chi connectivity index (χ1v) is 5.12. The summed E-state index contributed by atoms with van der Waals surface area (Å²) < 4.78 is 0. The quantitative estimate of drug-likeness (QED) is 0.673. The largest absolute Gasteiger partial charge is 0.505 e. The van der Waals surface area contributed by atoms with Gasteiger partial charge in [0.2, 0.25) is 0 Å². The average molecular weight is 227 g/mol. The first-order valence-electron chi connectivity index (χ1n) is 4.30. The smallest absolute Gasteiger partial charge is 0.199 e. The number of aldehydes is 1. The van der Waals surface area contributed by atoms with Gasteiger partial charge in [-0.25, -0.2) is 0 Å². The maximum Gasteiger partial charge on any atom is 0.199 e. The van der Waals surface area contributed by atoms with Crippen LogP contribution in [0.1, 0.15) is 20.0 Å². The van der Waals surface area contributed by atoms with Gasteiger partial charge in [-0.2, -0.15) is 0 Å². The van der Waals surface area contributed by atoms with E-state index in [9.17, 15) is 19.8 Å². The van der Waals surface area contributed by atoms with Crippen molar-refractivity contribution in [3.63, 3.8) is 0 Å². The Morgan fingerprint density at radius 3 is 2.87 bits per heavy atom. The number of nitrogens with zero attached hydrogens (tertiary/aromatic N) is 1. The Morgan fingerprint density at radius 1 is 1.60 bits per heavy atom. The Morgan fingerprint density at radius 2 is 2.27 bits per heavy atom. The summed E-state index contributed by atoms with van der Waals surface area (Å²) in [6, 6.07) is 0. The molecule has 2 rings (SSSR count). The predicted molar refractivity (Wildman–Crippen MR) is 55.0 cm³/mol. The molecule has 0 saturated heterocycles. The Bertz CT molecular complexity index is 440. The van der Waals surface area contributed by atoms with Crippen LogP contribution < -0.4 is 4.90 Å². The highest BCUT2D eigenvalue weighted by Gasteiger charge is 2.34. The molecule has 1 aliphatic heterocycles. The number of aliphatic hydroxyl groups is 1. The molecule has 1 atom stereocenters. The van der Waals surface area contributed by atoms with E-state index in [0.717, 1.165) is 11.3 Å². The minimum absolute atomic E-state index is 0.0587. The van der Waals surface area contributed by atoms with Crippen LogP contribution in [0.2, 0.25) is 0 Å². The van der Waals surface area contributed by atoms with Gasteiger partial charge in [-0.3, -0.25) is 9.59 Å². The van der Waals surface area contributed by atoms with E-state index in [0.29, 0.717) is 11.3 Å². The zero-order valence-corrected chi connectivity index (χ0v) is 8.74. The van der Waals surface area contributed by atoms with Crippen molar-refractivity contribution in [3.05, 3.63) is 10.4 Å². The van der Waals surface area contributed by atoms with Gasteiger partial charge < -0.3 is 15.1 Å². The van der Waals surface area contributed by atoms with Gasteiger partial charge in [-0.05, 0) is 0 Å². The molecule has 0 saturated carbocycles. The SMILES string of the molecule is CN1CC(O)C(=O)c2c1sc(C=O)c2O. The fourth-order valence-corrected chi connectivity index (χ4v) is 2.58. The topological polar surface area (TPSA) is 77.8 Å². The molecular formula is C9H9NO4S. The zero-order chi connectivity index (χ0) is 11.2. The van der Waals surface area contributed by atoms with Gasteiger partial charge in [-0.15, -0.1) is 11.3 Å². The molecule has 15 heavy (non-hydrogen) atoms. The molecule has 0 bridgehead atoms. The molecule has 6 heteroatoms. The monoisotopic (exact) mass is 227 g/mol. The van der Waals surface area contributed by atoms with Crippen molar-refractivity contribution in [1.82, 2.24) is 0 Å². The van der Waals surface area contributed by atoms with Crippen molar-refractivity contribution in [1.29, 1.82) is 0 Å². The van der Waals surface area contributed by atoms with Gasteiger partial charge in [0, 0.05) is 7.05 Å². The third kappa shape index (κ3) is 1.33. The van der Waals surface area contributed by atoms with Crippen LogP contribution in [0.15, 0.2) is 0 Å². The van der Waals surface area contributed by atoms with Crippen LogP contribution in [0.4, 0.5) is 5.00 Å². The van der Waals surface area contributed by atoms with Crippen LogP contribution in [0, 0.1) is 0 Å². The van der Waals surface area contributed by atoms with Gasteiger partial charge in [0.25, 0.3) is 0 Å². The van der Waals surface area contributed by atoms with E-state index >= 15 is 0 Å². The number of thiophene rings is 1. The second kappa shape index (κ2) is 3.32. The highest BCUT2D eigenvalue weighted by molar-refractivity contribution is 7.18.